The predicted octanol–water partition coefficient (Wildman–Crippen LogP) is 0.380. The van der Waals surface area contributed by atoms with Crippen LogP contribution in [0.15, 0.2) is 0 Å². The summed E-state index contributed by atoms with van der Waals surface area (Å²) in [6.45, 7) is 2.31. The van der Waals surface area contributed by atoms with E-state index in [4.69, 9.17) is 12.2 Å². The highest BCUT2D eigenvalue weighted by Crippen LogP contribution is 2.29. The molecule has 1 aliphatic carbocycles. The molecule has 0 aromatic heterocycles. The molecule has 4 N–H and O–H groups in total. The van der Waals surface area contributed by atoms with E-state index in [1.54, 1.807) is 0 Å². The number of hydrogen-bond acceptors (Lipinski definition) is 3. The molecule has 2 fully saturated rings. The van der Waals surface area contributed by atoms with E-state index in [0.29, 0.717) is 5.11 Å². The van der Waals surface area contributed by atoms with Crippen molar-refractivity contribution in [2.24, 2.45) is 5.92 Å². The van der Waals surface area contributed by atoms with Gasteiger partial charge < -0.3 is 0 Å². The number of thiocarbonyl (C=S) groups is 1. The number of hydrogen-bond donors (Lipinski definition) is 4. The molecule has 1 heterocycles. The molecule has 74 valence electrons. The first-order chi connectivity index (χ1) is 6.20. The van der Waals surface area contributed by atoms with Crippen LogP contribution in [-0.2, 0) is 0 Å². The highest BCUT2D eigenvalue weighted by molar-refractivity contribution is 7.80. The standard InChI is InChI=1S/C8H16N4S/c1-6-2-4-8(5-3-6)11-9-7(13)10-12-8/h6,11-12H,2-5H2,1H3,(H2,9,10,13). The minimum absolute atomic E-state index is 0.00875. The number of rotatable bonds is 0. The SMILES string of the molecule is CC1CCC2(CC1)NNC(=S)NN2. The van der Waals surface area contributed by atoms with Gasteiger partial charge in [0.15, 0.2) is 5.11 Å². The van der Waals surface area contributed by atoms with Gasteiger partial charge in [-0.3, -0.25) is 10.9 Å². The van der Waals surface area contributed by atoms with Crippen LogP contribution >= 0.6 is 12.2 Å². The Morgan fingerprint density at radius 2 is 1.77 bits per heavy atom. The van der Waals surface area contributed by atoms with E-state index in [1.165, 1.54) is 12.8 Å². The van der Waals surface area contributed by atoms with Crippen LogP contribution < -0.4 is 21.7 Å². The van der Waals surface area contributed by atoms with Gasteiger partial charge in [0.2, 0.25) is 0 Å². The van der Waals surface area contributed by atoms with Gasteiger partial charge in [-0.1, -0.05) is 6.92 Å². The average molecular weight is 200 g/mol. The third-order valence-electron chi connectivity index (χ3n) is 2.96. The zero-order chi connectivity index (χ0) is 9.31. The van der Waals surface area contributed by atoms with Gasteiger partial charge in [0, 0.05) is 0 Å². The molecule has 5 heteroatoms. The molecule has 2 rings (SSSR count). The van der Waals surface area contributed by atoms with E-state index in [1.807, 2.05) is 0 Å². The van der Waals surface area contributed by atoms with Gasteiger partial charge in [-0.25, -0.2) is 10.9 Å². The van der Waals surface area contributed by atoms with Crippen molar-refractivity contribution in [3.8, 4) is 0 Å². The maximum Gasteiger partial charge on any atom is 0.195 e. The lowest BCUT2D eigenvalue weighted by Gasteiger charge is -2.44. The normalized spacial score (nSPS) is 28.2. The van der Waals surface area contributed by atoms with Gasteiger partial charge in [0.1, 0.15) is 5.66 Å². The largest absolute Gasteiger partial charge is 0.295 e. The van der Waals surface area contributed by atoms with Crippen molar-refractivity contribution in [2.75, 3.05) is 0 Å². The lowest BCUT2D eigenvalue weighted by Crippen LogP contribution is -2.74. The Balaban J connectivity index is 1.94. The van der Waals surface area contributed by atoms with Crippen molar-refractivity contribution >= 4 is 17.3 Å². The van der Waals surface area contributed by atoms with Gasteiger partial charge in [0.25, 0.3) is 0 Å². The summed E-state index contributed by atoms with van der Waals surface area (Å²) in [6, 6.07) is 0. The summed E-state index contributed by atoms with van der Waals surface area (Å²) in [7, 11) is 0. The van der Waals surface area contributed by atoms with Gasteiger partial charge in [0.05, 0.1) is 0 Å². The number of nitrogens with one attached hydrogen (secondary N) is 4. The van der Waals surface area contributed by atoms with Crippen molar-refractivity contribution < 1.29 is 0 Å². The number of hydrazine groups is 2. The van der Waals surface area contributed by atoms with Crippen LogP contribution in [-0.4, -0.2) is 10.8 Å². The van der Waals surface area contributed by atoms with E-state index >= 15 is 0 Å². The van der Waals surface area contributed by atoms with E-state index in [2.05, 4.69) is 28.6 Å². The van der Waals surface area contributed by atoms with Crippen molar-refractivity contribution in [1.29, 1.82) is 0 Å². The maximum absolute atomic E-state index is 4.93. The average Bonchev–Trinajstić information content (AvgIpc) is 2.16. The monoisotopic (exact) mass is 200 g/mol. The summed E-state index contributed by atoms with van der Waals surface area (Å²) in [5, 5.41) is 0.615. The molecule has 1 saturated carbocycles. The molecule has 0 aromatic carbocycles. The summed E-state index contributed by atoms with van der Waals surface area (Å²) in [5.74, 6) is 0.850. The van der Waals surface area contributed by atoms with Crippen molar-refractivity contribution in [2.45, 2.75) is 38.3 Å². The quantitative estimate of drug-likeness (QED) is 0.426. The molecular formula is C8H16N4S. The van der Waals surface area contributed by atoms with E-state index in [9.17, 15) is 0 Å². The van der Waals surface area contributed by atoms with Crippen LogP contribution in [0.5, 0.6) is 0 Å². The van der Waals surface area contributed by atoms with Crippen LogP contribution in [0.25, 0.3) is 0 Å². The smallest absolute Gasteiger partial charge is 0.195 e. The second-order valence-electron chi connectivity index (χ2n) is 4.09. The molecule has 0 amide bonds. The second kappa shape index (κ2) is 3.40. The molecule has 0 bridgehead atoms. The highest BCUT2D eigenvalue weighted by Gasteiger charge is 2.36. The van der Waals surface area contributed by atoms with Crippen LogP contribution in [0.3, 0.4) is 0 Å². The second-order valence-corrected chi connectivity index (χ2v) is 4.50. The molecule has 2 aliphatic rings. The summed E-state index contributed by atoms with van der Waals surface area (Å²) < 4.78 is 0. The molecule has 1 saturated heterocycles. The fourth-order valence-electron chi connectivity index (χ4n) is 1.92. The summed E-state index contributed by atoms with van der Waals surface area (Å²) in [5.41, 5.74) is 12.4. The minimum atomic E-state index is 0.00875. The van der Waals surface area contributed by atoms with Gasteiger partial charge in [-0.05, 0) is 43.8 Å². The van der Waals surface area contributed by atoms with E-state index in [-0.39, 0.29) is 5.66 Å². The molecule has 4 nitrogen and oxygen atoms in total. The first-order valence-electron chi connectivity index (χ1n) is 4.81. The predicted molar refractivity (Wildman–Crippen MR) is 55.5 cm³/mol. The fraction of sp³-hybridized carbons (Fsp3) is 0.875. The summed E-state index contributed by atoms with van der Waals surface area (Å²) >= 11 is 4.93. The van der Waals surface area contributed by atoms with Gasteiger partial charge in [-0.2, -0.15) is 0 Å². The van der Waals surface area contributed by atoms with Gasteiger partial charge >= 0.3 is 0 Å². The van der Waals surface area contributed by atoms with Crippen LogP contribution in [0, 0.1) is 5.92 Å². The Morgan fingerprint density at radius 1 is 1.23 bits per heavy atom. The third-order valence-corrected chi connectivity index (χ3v) is 3.16. The van der Waals surface area contributed by atoms with E-state index < -0.39 is 0 Å². The zero-order valence-electron chi connectivity index (χ0n) is 7.81. The Labute approximate surface area is 83.8 Å². The third kappa shape index (κ3) is 1.92. The summed E-state index contributed by atoms with van der Waals surface area (Å²) in [6.07, 6.45) is 4.79. The molecule has 1 aliphatic heterocycles. The van der Waals surface area contributed by atoms with Crippen LogP contribution in [0.4, 0.5) is 0 Å². The van der Waals surface area contributed by atoms with Crippen molar-refractivity contribution in [1.82, 2.24) is 21.7 Å². The minimum Gasteiger partial charge on any atom is -0.295 e. The molecular weight excluding hydrogens is 184 g/mol. The van der Waals surface area contributed by atoms with E-state index in [0.717, 1.165) is 18.8 Å². The first kappa shape index (κ1) is 9.18. The lowest BCUT2D eigenvalue weighted by molar-refractivity contribution is 0.121. The summed E-state index contributed by atoms with van der Waals surface area (Å²) in [4.78, 5) is 0. The van der Waals surface area contributed by atoms with Gasteiger partial charge in [-0.15, -0.1) is 0 Å². The highest BCUT2D eigenvalue weighted by atomic mass is 32.1. The topological polar surface area (TPSA) is 48.1 Å². The zero-order valence-corrected chi connectivity index (χ0v) is 8.63. The Bertz CT molecular complexity index is 198. The Hall–Kier alpha value is -0.390. The molecule has 0 aromatic rings. The Kier molecular flexibility index (Phi) is 2.40. The Morgan fingerprint density at radius 3 is 2.31 bits per heavy atom. The molecule has 1 spiro atoms. The molecule has 0 atom stereocenters. The first-order valence-corrected chi connectivity index (χ1v) is 5.21. The van der Waals surface area contributed by atoms with Crippen molar-refractivity contribution in [3.63, 3.8) is 0 Å². The lowest BCUT2D eigenvalue weighted by atomic mass is 9.83. The molecule has 0 unspecified atom stereocenters. The van der Waals surface area contributed by atoms with Crippen LogP contribution in [0.2, 0.25) is 0 Å². The maximum atomic E-state index is 4.93. The van der Waals surface area contributed by atoms with Crippen LogP contribution in [0.1, 0.15) is 32.6 Å². The molecule has 0 radical (unpaired) electrons. The van der Waals surface area contributed by atoms with Crippen molar-refractivity contribution in [3.05, 3.63) is 0 Å². The fourth-order valence-corrected chi connectivity index (χ4v) is 2.02. The molecule has 13 heavy (non-hydrogen) atoms.